The second kappa shape index (κ2) is 12.8. The summed E-state index contributed by atoms with van der Waals surface area (Å²) in [6.45, 7) is 0. The quantitative estimate of drug-likeness (QED) is 0.167. The molecule has 0 saturated heterocycles. The van der Waals surface area contributed by atoms with Gasteiger partial charge in [-0.3, -0.25) is 0 Å². The van der Waals surface area contributed by atoms with Gasteiger partial charge in [-0.1, -0.05) is 126 Å². The van der Waals surface area contributed by atoms with Crippen molar-refractivity contribution >= 4 is 83.7 Å². The van der Waals surface area contributed by atoms with Gasteiger partial charge in [-0.05, 0) is 95.4 Å². The number of aromatic nitrogens is 2. The molecule has 252 valence electrons. The normalized spacial score (nSPS) is 11.6. The minimum Gasteiger partial charge on any atom is -0.314 e. The predicted molar refractivity (Wildman–Crippen MR) is 225 cm³/mol. The lowest BCUT2D eigenvalue weighted by molar-refractivity contribution is 1.12. The summed E-state index contributed by atoms with van der Waals surface area (Å²) < 4.78 is 4.65. The van der Waals surface area contributed by atoms with E-state index >= 15 is 0 Å². The number of halogens is 2. The number of hydrogen-bond acceptors (Lipinski definition) is 1. The molecule has 0 aliphatic carbocycles. The van der Waals surface area contributed by atoms with Gasteiger partial charge < -0.3 is 14.0 Å². The summed E-state index contributed by atoms with van der Waals surface area (Å²) in [5.41, 5.74) is 10.9. The van der Waals surface area contributed by atoms with E-state index in [1.54, 1.807) is 6.07 Å². The van der Waals surface area contributed by atoms with Gasteiger partial charge in [-0.15, -0.1) is 0 Å². The fraction of sp³-hybridized carbons (Fsp3) is 0. The zero-order chi connectivity index (χ0) is 35.5. The predicted octanol–water partition coefficient (Wildman–Crippen LogP) is 14.3. The fourth-order valence-electron chi connectivity index (χ4n) is 7.86. The number of fused-ring (bicyclic) bond motifs is 5. The van der Waals surface area contributed by atoms with E-state index in [9.17, 15) is 0 Å². The zero-order valence-corrected chi connectivity index (χ0v) is 30.0. The van der Waals surface area contributed by atoms with E-state index in [-0.39, 0.29) is 0 Å². The van der Waals surface area contributed by atoms with Crippen molar-refractivity contribution in [3.8, 4) is 22.5 Å². The minimum atomic E-state index is 0.609. The van der Waals surface area contributed by atoms with Crippen LogP contribution in [0.1, 0.15) is 0 Å². The highest BCUT2D eigenvalue weighted by atomic mass is 35.5. The van der Waals surface area contributed by atoms with Crippen LogP contribution in [-0.2, 0) is 0 Å². The lowest BCUT2D eigenvalue weighted by Gasteiger charge is -2.26. The van der Waals surface area contributed by atoms with Crippen molar-refractivity contribution in [2.75, 3.05) is 4.90 Å². The van der Waals surface area contributed by atoms with Crippen LogP contribution in [0.5, 0.6) is 0 Å². The first-order chi connectivity index (χ1) is 26.1. The second-order valence-electron chi connectivity index (χ2n) is 13.3. The summed E-state index contributed by atoms with van der Waals surface area (Å²) >= 11 is 13.0. The molecule has 10 aromatic rings. The topological polar surface area (TPSA) is 13.1 Å². The van der Waals surface area contributed by atoms with Crippen LogP contribution in [0.3, 0.4) is 0 Å². The third kappa shape index (κ3) is 5.36. The standard InChI is InChI=1S/C48H31Cl2N3/c49-35-26-34(27-36(50)29-35)33-22-24-42-47(28-33)51(37-14-3-1-4-15-37)31-48(42)53(44-21-11-13-32-12-7-8-18-40(32)44)39-23-25-46-43(30-39)41-19-9-10-20-45(41)52(46)38-16-5-2-6-17-38/h1-31H. The van der Waals surface area contributed by atoms with E-state index in [1.807, 2.05) is 12.1 Å². The summed E-state index contributed by atoms with van der Waals surface area (Å²) in [6.07, 6.45) is 2.27. The molecule has 0 unspecified atom stereocenters. The van der Waals surface area contributed by atoms with Crippen molar-refractivity contribution in [1.82, 2.24) is 9.13 Å². The molecule has 0 aliphatic rings. The van der Waals surface area contributed by atoms with E-state index in [0.29, 0.717) is 10.0 Å². The maximum Gasteiger partial charge on any atom is 0.0721 e. The van der Waals surface area contributed by atoms with Crippen molar-refractivity contribution in [3.05, 3.63) is 198 Å². The second-order valence-corrected chi connectivity index (χ2v) is 14.2. The van der Waals surface area contributed by atoms with E-state index in [1.165, 1.54) is 27.1 Å². The first-order valence-electron chi connectivity index (χ1n) is 17.6. The number of nitrogens with zero attached hydrogens (tertiary/aromatic N) is 3. The minimum absolute atomic E-state index is 0.609. The third-order valence-corrected chi connectivity index (χ3v) is 10.6. The molecule has 0 atom stereocenters. The number of hydrogen-bond donors (Lipinski definition) is 0. The summed E-state index contributed by atoms with van der Waals surface area (Å²) in [4.78, 5) is 2.42. The molecular formula is C48H31Cl2N3. The van der Waals surface area contributed by atoms with Gasteiger partial charge in [-0.25, -0.2) is 0 Å². The van der Waals surface area contributed by atoms with E-state index in [4.69, 9.17) is 23.2 Å². The van der Waals surface area contributed by atoms with Crippen LogP contribution in [0.4, 0.5) is 17.1 Å². The summed E-state index contributed by atoms with van der Waals surface area (Å²) in [5.74, 6) is 0. The van der Waals surface area contributed by atoms with Gasteiger partial charge in [-0.2, -0.15) is 0 Å². The Morgan fingerprint density at radius 2 is 1.06 bits per heavy atom. The van der Waals surface area contributed by atoms with Crippen LogP contribution in [0.25, 0.3) is 66.0 Å². The van der Waals surface area contributed by atoms with Gasteiger partial charge in [0.2, 0.25) is 0 Å². The molecule has 0 radical (unpaired) electrons. The largest absolute Gasteiger partial charge is 0.314 e. The Balaban J connectivity index is 1.27. The summed E-state index contributed by atoms with van der Waals surface area (Å²) in [7, 11) is 0. The molecule has 5 heteroatoms. The van der Waals surface area contributed by atoms with Gasteiger partial charge >= 0.3 is 0 Å². The van der Waals surface area contributed by atoms with E-state index in [0.717, 1.165) is 56.0 Å². The molecule has 10 rings (SSSR count). The average molecular weight is 721 g/mol. The van der Waals surface area contributed by atoms with Crippen molar-refractivity contribution in [1.29, 1.82) is 0 Å². The molecule has 3 nitrogen and oxygen atoms in total. The molecular weight excluding hydrogens is 689 g/mol. The fourth-order valence-corrected chi connectivity index (χ4v) is 8.38. The molecule has 8 aromatic carbocycles. The highest BCUT2D eigenvalue weighted by Gasteiger charge is 2.23. The van der Waals surface area contributed by atoms with Crippen LogP contribution in [0.15, 0.2) is 188 Å². The SMILES string of the molecule is Clc1cc(Cl)cc(-c2ccc3c(N(c4ccc5c(c4)c4ccccc4n5-c4ccccc4)c4cccc5ccccc45)cn(-c4ccccc4)c3c2)c1. The van der Waals surface area contributed by atoms with Gasteiger partial charge in [0.25, 0.3) is 0 Å². The third-order valence-electron chi connectivity index (χ3n) is 10.2. The molecule has 2 aromatic heterocycles. The zero-order valence-electron chi connectivity index (χ0n) is 28.5. The molecule has 0 aliphatic heterocycles. The molecule has 0 amide bonds. The van der Waals surface area contributed by atoms with Crippen molar-refractivity contribution in [3.63, 3.8) is 0 Å². The smallest absolute Gasteiger partial charge is 0.0721 e. The Morgan fingerprint density at radius 3 is 1.85 bits per heavy atom. The summed E-state index contributed by atoms with van der Waals surface area (Å²) in [6, 6.07) is 64.2. The molecule has 53 heavy (non-hydrogen) atoms. The Bertz CT molecular complexity index is 2950. The number of anilines is 3. The first-order valence-corrected chi connectivity index (χ1v) is 18.4. The van der Waals surface area contributed by atoms with Crippen LogP contribution >= 0.6 is 23.2 Å². The average Bonchev–Trinajstić information content (AvgIpc) is 3.74. The van der Waals surface area contributed by atoms with Gasteiger partial charge in [0.05, 0.1) is 27.9 Å². The van der Waals surface area contributed by atoms with E-state index in [2.05, 4.69) is 184 Å². The molecule has 0 spiro atoms. The molecule has 0 saturated carbocycles. The maximum absolute atomic E-state index is 6.49. The number of rotatable bonds is 6. The van der Waals surface area contributed by atoms with Crippen LogP contribution in [-0.4, -0.2) is 9.13 Å². The molecule has 0 N–H and O–H groups in total. The van der Waals surface area contributed by atoms with E-state index < -0.39 is 0 Å². The number of benzene rings is 8. The molecule has 0 fully saturated rings. The van der Waals surface area contributed by atoms with Crippen molar-refractivity contribution in [2.45, 2.75) is 0 Å². The van der Waals surface area contributed by atoms with Gasteiger partial charge in [0, 0.05) is 54.8 Å². The van der Waals surface area contributed by atoms with Crippen molar-refractivity contribution < 1.29 is 0 Å². The Morgan fingerprint density at radius 1 is 0.396 bits per heavy atom. The van der Waals surface area contributed by atoms with Crippen molar-refractivity contribution in [2.24, 2.45) is 0 Å². The monoisotopic (exact) mass is 719 g/mol. The van der Waals surface area contributed by atoms with Gasteiger partial charge in [0.15, 0.2) is 0 Å². The Labute approximate surface area is 317 Å². The molecule has 2 heterocycles. The lowest BCUT2D eigenvalue weighted by Crippen LogP contribution is -2.10. The lowest BCUT2D eigenvalue weighted by atomic mass is 10.0. The Hall–Kier alpha value is -6.26. The first kappa shape index (κ1) is 31.5. The Kier molecular flexibility index (Phi) is 7.57. The highest BCUT2D eigenvalue weighted by Crippen LogP contribution is 2.46. The summed E-state index contributed by atoms with van der Waals surface area (Å²) in [5, 5.41) is 7.10. The maximum atomic E-state index is 6.49. The van der Waals surface area contributed by atoms with Crippen LogP contribution < -0.4 is 4.90 Å². The van der Waals surface area contributed by atoms with Gasteiger partial charge in [0.1, 0.15) is 0 Å². The van der Waals surface area contributed by atoms with Crippen LogP contribution in [0.2, 0.25) is 10.0 Å². The van der Waals surface area contributed by atoms with Crippen LogP contribution in [0, 0.1) is 0 Å². The number of para-hydroxylation sites is 3. The molecule has 0 bridgehead atoms. The highest BCUT2D eigenvalue weighted by molar-refractivity contribution is 6.35.